The van der Waals surface area contributed by atoms with Gasteiger partial charge in [-0.2, -0.15) is 0 Å². The number of hydrogen-bond donors (Lipinski definition) is 2. The molecule has 0 bridgehead atoms. The van der Waals surface area contributed by atoms with E-state index < -0.39 is 5.97 Å². The number of carboxylic acid groups (broad SMARTS) is 1. The molecule has 1 unspecified atom stereocenters. The van der Waals surface area contributed by atoms with Crippen LogP contribution in [0.2, 0.25) is 0 Å². The van der Waals surface area contributed by atoms with Gasteiger partial charge in [-0.15, -0.1) is 0 Å². The molecule has 4 nitrogen and oxygen atoms in total. The van der Waals surface area contributed by atoms with Crippen molar-refractivity contribution in [1.29, 1.82) is 0 Å². The Morgan fingerprint density at radius 1 is 1.37 bits per heavy atom. The fourth-order valence-corrected chi connectivity index (χ4v) is 1.87. The second-order valence-electron chi connectivity index (χ2n) is 4.56. The summed E-state index contributed by atoms with van der Waals surface area (Å²) in [4.78, 5) is 10.9. The molecule has 1 heterocycles. The molecule has 0 saturated carbocycles. The summed E-state index contributed by atoms with van der Waals surface area (Å²) in [5, 5.41) is 12.2. The highest BCUT2D eigenvalue weighted by Gasteiger charge is 2.09. The van der Waals surface area contributed by atoms with Gasteiger partial charge in [0.15, 0.2) is 0 Å². The van der Waals surface area contributed by atoms with E-state index in [-0.39, 0.29) is 6.04 Å². The van der Waals surface area contributed by atoms with Crippen LogP contribution in [0.15, 0.2) is 40.8 Å². The molecule has 0 aliphatic heterocycles. The molecule has 0 radical (unpaired) electrons. The normalized spacial score (nSPS) is 12.3. The Hall–Kier alpha value is -2.07. The van der Waals surface area contributed by atoms with Gasteiger partial charge in [0.2, 0.25) is 0 Å². The van der Waals surface area contributed by atoms with Crippen molar-refractivity contribution >= 4 is 5.97 Å². The van der Waals surface area contributed by atoms with E-state index in [0.29, 0.717) is 12.1 Å². The van der Waals surface area contributed by atoms with Crippen LogP contribution in [0.5, 0.6) is 0 Å². The summed E-state index contributed by atoms with van der Waals surface area (Å²) in [5.74, 6) is 0.861. The summed E-state index contributed by atoms with van der Waals surface area (Å²) in [6.45, 7) is 4.52. The zero-order chi connectivity index (χ0) is 13.8. The summed E-state index contributed by atoms with van der Waals surface area (Å²) in [5.41, 5.74) is 1.25. The van der Waals surface area contributed by atoms with Crippen LogP contribution in [0.1, 0.15) is 40.4 Å². The quantitative estimate of drug-likeness (QED) is 0.866. The molecule has 2 N–H and O–H groups in total. The Morgan fingerprint density at radius 3 is 2.79 bits per heavy atom. The molecule has 0 aliphatic carbocycles. The van der Waals surface area contributed by atoms with Crippen LogP contribution in [0.25, 0.3) is 0 Å². The third-order valence-electron chi connectivity index (χ3n) is 2.97. The summed E-state index contributed by atoms with van der Waals surface area (Å²) < 4.78 is 5.54. The van der Waals surface area contributed by atoms with E-state index in [9.17, 15) is 4.79 Å². The minimum absolute atomic E-state index is 0.0854. The van der Waals surface area contributed by atoms with Gasteiger partial charge >= 0.3 is 5.97 Å². The zero-order valence-electron chi connectivity index (χ0n) is 11.0. The maximum absolute atomic E-state index is 10.9. The third kappa shape index (κ3) is 3.45. The lowest BCUT2D eigenvalue weighted by Crippen LogP contribution is -2.17. The van der Waals surface area contributed by atoms with E-state index in [1.165, 1.54) is 0 Å². The molecule has 4 heteroatoms. The van der Waals surface area contributed by atoms with Gasteiger partial charge in [-0.3, -0.25) is 0 Å². The first-order valence-electron chi connectivity index (χ1n) is 6.18. The fourth-order valence-electron chi connectivity index (χ4n) is 1.87. The Labute approximate surface area is 112 Å². The molecular formula is C15H17NO3. The minimum atomic E-state index is -0.906. The van der Waals surface area contributed by atoms with Gasteiger partial charge in [-0.25, -0.2) is 4.79 Å². The largest absolute Gasteiger partial charge is 0.478 e. The van der Waals surface area contributed by atoms with Gasteiger partial charge in [-0.05, 0) is 43.7 Å². The lowest BCUT2D eigenvalue weighted by atomic mass is 10.1. The number of rotatable bonds is 5. The standard InChI is InChI=1S/C15H17NO3/c1-10-6-7-14(19-10)11(2)16-9-12-4-3-5-13(8-12)15(17)18/h3-8,11,16H,9H2,1-2H3,(H,17,18). The van der Waals surface area contributed by atoms with E-state index in [2.05, 4.69) is 5.32 Å². The van der Waals surface area contributed by atoms with E-state index in [1.54, 1.807) is 18.2 Å². The zero-order valence-corrected chi connectivity index (χ0v) is 11.0. The molecule has 0 amide bonds. The van der Waals surface area contributed by atoms with Gasteiger partial charge in [0.05, 0.1) is 11.6 Å². The van der Waals surface area contributed by atoms with Gasteiger partial charge in [-0.1, -0.05) is 12.1 Å². The molecule has 19 heavy (non-hydrogen) atoms. The molecule has 1 atom stereocenters. The van der Waals surface area contributed by atoms with Crippen molar-refractivity contribution in [1.82, 2.24) is 5.32 Å². The smallest absolute Gasteiger partial charge is 0.335 e. The lowest BCUT2D eigenvalue weighted by molar-refractivity contribution is 0.0696. The summed E-state index contributed by atoms with van der Waals surface area (Å²) in [7, 11) is 0. The predicted octanol–water partition coefficient (Wildman–Crippen LogP) is 3.14. The van der Waals surface area contributed by atoms with E-state index >= 15 is 0 Å². The van der Waals surface area contributed by atoms with Crippen LogP contribution in [0.3, 0.4) is 0 Å². The monoisotopic (exact) mass is 259 g/mol. The number of aromatic carboxylic acids is 1. The van der Waals surface area contributed by atoms with Crippen LogP contribution in [0, 0.1) is 6.92 Å². The van der Waals surface area contributed by atoms with Crippen LogP contribution in [0.4, 0.5) is 0 Å². The SMILES string of the molecule is Cc1ccc(C(C)NCc2cccc(C(=O)O)c2)o1. The molecular weight excluding hydrogens is 242 g/mol. The number of hydrogen-bond acceptors (Lipinski definition) is 3. The average Bonchev–Trinajstić information content (AvgIpc) is 2.83. The number of carboxylic acids is 1. The van der Waals surface area contributed by atoms with Crippen molar-refractivity contribution in [2.75, 3.05) is 0 Å². The van der Waals surface area contributed by atoms with Gasteiger partial charge in [0.1, 0.15) is 11.5 Å². The molecule has 2 aromatic rings. The topological polar surface area (TPSA) is 62.5 Å². The highest BCUT2D eigenvalue weighted by Crippen LogP contribution is 2.16. The van der Waals surface area contributed by atoms with E-state index in [4.69, 9.17) is 9.52 Å². The molecule has 2 rings (SSSR count). The minimum Gasteiger partial charge on any atom is -0.478 e. The number of carbonyl (C=O) groups is 1. The number of benzene rings is 1. The Kier molecular flexibility index (Phi) is 4.02. The molecule has 0 fully saturated rings. The second-order valence-corrected chi connectivity index (χ2v) is 4.56. The lowest BCUT2D eigenvalue weighted by Gasteiger charge is -2.11. The fraction of sp³-hybridized carbons (Fsp3) is 0.267. The number of nitrogens with one attached hydrogen (secondary N) is 1. The van der Waals surface area contributed by atoms with Crippen LogP contribution < -0.4 is 5.32 Å². The Morgan fingerprint density at radius 2 is 2.16 bits per heavy atom. The van der Waals surface area contributed by atoms with Crippen molar-refractivity contribution in [3.63, 3.8) is 0 Å². The van der Waals surface area contributed by atoms with Crippen LogP contribution in [-0.4, -0.2) is 11.1 Å². The highest BCUT2D eigenvalue weighted by molar-refractivity contribution is 5.87. The first-order valence-corrected chi connectivity index (χ1v) is 6.18. The van der Waals surface area contributed by atoms with E-state index in [1.807, 2.05) is 32.0 Å². The summed E-state index contributed by atoms with van der Waals surface area (Å²) >= 11 is 0. The number of aryl methyl sites for hydroxylation is 1. The summed E-state index contributed by atoms with van der Waals surface area (Å²) in [6.07, 6.45) is 0. The maximum Gasteiger partial charge on any atom is 0.335 e. The van der Waals surface area contributed by atoms with Crippen LogP contribution >= 0.6 is 0 Å². The predicted molar refractivity (Wildman–Crippen MR) is 72.1 cm³/mol. The molecule has 0 aliphatic rings. The van der Waals surface area contributed by atoms with Crippen molar-refractivity contribution in [3.05, 3.63) is 59.0 Å². The first-order chi connectivity index (χ1) is 9.06. The van der Waals surface area contributed by atoms with Crippen molar-refractivity contribution in [2.24, 2.45) is 0 Å². The molecule has 1 aromatic carbocycles. The Bertz CT molecular complexity index is 574. The third-order valence-corrected chi connectivity index (χ3v) is 2.97. The second kappa shape index (κ2) is 5.71. The maximum atomic E-state index is 10.9. The van der Waals surface area contributed by atoms with E-state index in [0.717, 1.165) is 17.1 Å². The first kappa shape index (κ1) is 13.4. The molecule has 0 spiro atoms. The van der Waals surface area contributed by atoms with Gasteiger partial charge in [0.25, 0.3) is 0 Å². The molecule has 0 saturated heterocycles. The van der Waals surface area contributed by atoms with Gasteiger partial charge < -0.3 is 14.8 Å². The average molecular weight is 259 g/mol. The molecule has 1 aromatic heterocycles. The number of furan rings is 1. The Balaban J connectivity index is 1.98. The van der Waals surface area contributed by atoms with Crippen molar-refractivity contribution in [2.45, 2.75) is 26.4 Å². The van der Waals surface area contributed by atoms with Crippen molar-refractivity contribution < 1.29 is 14.3 Å². The molecule has 100 valence electrons. The van der Waals surface area contributed by atoms with Crippen LogP contribution in [-0.2, 0) is 6.54 Å². The summed E-state index contributed by atoms with van der Waals surface area (Å²) in [6, 6.07) is 10.9. The van der Waals surface area contributed by atoms with Gasteiger partial charge in [0, 0.05) is 6.54 Å². The van der Waals surface area contributed by atoms with Crippen molar-refractivity contribution in [3.8, 4) is 0 Å². The highest BCUT2D eigenvalue weighted by atomic mass is 16.4.